The molecule has 2 amide bonds. The molecule has 1 aliphatic rings. The number of carbonyl (C=O) groups is 1. The third kappa shape index (κ3) is 7.46. The molecule has 4 rings (SSSR count). The molecule has 1 aliphatic heterocycles. The smallest absolute Gasteiger partial charge is 0.315 e. The molecule has 1 heterocycles. The first kappa shape index (κ1) is 28.8. The van der Waals surface area contributed by atoms with E-state index in [0.29, 0.717) is 13.1 Å². The third-order valence-electron chi connectivity index (χ3n) is 7.58. The molecule has 7 heteroatoms. The van der Waals surface area contributed by atoms with Crippen molar-refractivity contribution in [3.8, 4) is 0 Å². The fraction of sp³-hybridized carbons (Fsp3) is 0.406. The first-order valence-corrected chi connectivity index (χ1v) is 13.8. The monoisotopic (exact) mass is 531 g/mol. The van der Waals surface area contributed by atoms with E-state index in [2.05, 4.69) is 60.7 Å². The zero-order valence-electron chi connectivity index (χ0n) is 23.3. The largest absolute Gasteiger partial charge is 0.392 e. The molecule has 0 aliphatic carbocycles. The highest BCUT2D eigenvalue weighted by Crippen LogP contribution is 2.42. The lowest BCUT2D eigenvalue weighted by Gasteiger charge is -2.43. The van der Waals surface area contributed by atoms with Gasteiger partial charge in [0.05, 0.1) is 18.8 Å². The molecule has 0 saturated carbocycles. The van der Waals surface area contributed by atoms with Crippen molar-refractivity contribution < 1.29 is 19.4 Å². The van der Waals surface area contributed by atoms with Gasteiger partial charge in [0.2, 0.25) is 0 Å². The molecule has 3 aromatic rings. The zero-order valence-corrected chi connectivity index (χ0v) is 23.3. The molecule has 0 unspecified atom stereocenters. The molecule has 3 aromatic carbocycles. The lowest BCUT2D eigenvalue weighted by molar-refractivity contribution is -0.276. The summed E-state index contributed by atoms with van der Waals surface area (Å²) in [4.78, 5) is 14.1. The summed E-state index contributed by atoms with van der Waals surface area (Å²) < 4.78 is 13.2. The van der Waals surface area contributed by atoms with Crippen molar-refractivity contribution in [3.63, 3.8) is 0 Å². The highest BCUT2D eigenvalue weighted by Gasteiger charge is 2.39. The molecular weight excluding hydrogens is 490 g/mol. The van der Waals surface area contributed by atoms with Crippen molar-refractivity contribution in [1.82, 2.24) is 15.5 Å². The molecule has 208 valence electrons. The van der Waals surface area contributed by atoms with Gasteiger partial charge in [0.1, 0.15) is 0 Å². The fourth-order valence-electron chi connectivity index (χ4n) is 4.95. The number of rotatable bonds is 10. The van der Waals surface area contributed by atoms with Gasteiger partial charge in [-0.25, -0.2) is 4.79 Å². The van der Waals surface area contributed by atoms with Gasteiger partial charge in [0.25, 0.3) is 0 Å². The molecule has 1 saturated heterocycles. The summed E-state index contributed by atoms with van der Waals surface area (Å²) in [6.07, 6.45) is -0.762. The van der Waals surface area contributed by atoms with Crippen LogP contribution in [0, 0.1) is 5.92 Å². The number of nitrogens with zero attached hydrogens (tertiary/aromatic N) is 1. The molecule has 7 nitrogen and oxygen atoms in total. The normalized spacial score (nSPS) is 21.9. The number of urea groups is 1. The lowest BCUT2D eigenvalue weighted by Crippen LogP contribution is -2.44. The molecule has 3 N–H and O–H groups in total. The average Bonchev–Trinajstić information content (AvgIpc) is 2.97. The van der Waals surface area contributed by atoms with Crippen LogP contribution in [0.15, 0.2) is 78.9 Å². The van der Waals surface area contributed by atoms with Gasteiger partial charge in [-0.1, -0.05) is 85.8 Å². The molecule has 0 spiro atoms. The van der Waals surface area contributed by atoms with Gasteiger partial charge >= 0.3 is 6.03 Å². The van der Waals surface area contributed by atoms with E-state index >= 15 is 0 Å². The van der Waals surface area contributed by atoms with E-state index in [1.807, 2.05) is 61.5 Å². The Morgan fingerprint density at radius 1 is 0.923 bits per heavy atom. The molecule has 0 radical (unpaired) electrons. The number of likely N-dealkylation sites (N-methyl/N-ethyl adjacent to an activating group) is 1. The lowest BCUT2D eigenvalue weighted by atomic mass is 9.89. The van der Waals surface area contributed by atoms with Crippen molar-refractivity contribution in [2.45, 2.75) is 58.5 Å². The van der Waals surface area contributed by atoms with Gasteiger partial charge in [-0.05, 0) is 43.1 Å². The number of hydrogen-bond acceptors (Lipinski definition) is 5. The number of nitrogens with one attached hydrogen (secondary N) is 2. The Balaban J connectivity index is 1.53. The summed E-state index contributed by atoms with van der Waals surface area (Å²) in [5, 5.41) is 15.1. The number of carbonyl (C=O) groups excluding carboxylic acids is 1. The number of ether oxygens (including phenoxy) is 2. The van der Waals surface area contributed by atoms with Crippen molar-refractivity contribution in [2.24, 2.45) is 5.92 Å². The van der Waals surface area contributed by atoms with Crippen LogP contribution in [0.1, 0.15) is 67.0 Å². The van der Waals surface area contributed by atoms with E-state index in [9.17, 15) is 9.90 Å². The van der Waals surface area contributed by atoms with Crippen molar-refractivity contribution >= 4 is 6.03 Å². The Labute approximate surface area is 232 Å². The van der Waals surface area contributed by atoms with E-state index in [-0.39, 0.29) is 36.8 Å². The predicted molar refractivity (Wildman–Crippen MR) is 153 cm³/mol. The second kappa shape index (κ2) is 13.7. The highest BCUT2D eigenvalue weighted by atomic mass is 16.7. The van der Waals surface area contributed by atoms with E-state index < -0.39 is 6.29 Å². The molecule has 0 aromatic heterocycles. The summed E-state index contributed by atoms with van der Waals surface area (Å²) in [6, 6.07) is 26.6. The van der Waals surface area contributed by atoms with Crippen LogP contribution in [0.3, 0.4) is 0 Å². The van der Waals surface area contributed by atoms with E-state index in [1.165, 1.54) is 5.56 Å². The Hall–Kier alpha value is -3.23. The number of aliphatic hydroxyl groups excluding tert-OH is 1. The van der Waals surface area contributed by atoms with E-state index in [0.717, 1.165) is 28.8 Å². The maximum Gasteiger partial charge on any atom is 0.315 e. The SMILES string of the molecule is CCNC(=O)NCc1ccc([C@@H]2O[C@H](CN(C)[C@@H](C)c3ccccc3)[C@H](C)[C@H](c3ccc(CO)cc3)O2)cc1. The molecule has 39 heavy (non-hydrogen) atoms. The van der Waals surface area contributed by atoms with Crippen LogP contribution < -0.4 is 10.6 Å². The molecule has 5 atom stereocenters. The van der Waals surface area contributed by atoms with Crippen LogP contribution in [0.2, 0.25) is 0 Å². The second-order valence-corrected chi connectivity index (χ2v) is 10.3. The van der Waals surface area contributed by atoms with E-state index in [1.54, 1.807) is 0 Å². The van der Waals surface area contributed by atoms with Crippen LogP contribution >= 0.6 is 0 Å². The fourth-order valence-corrected chi connectivity index (χ4v) is 4.95. The maximum atomic E-state index is 11.8. The molecular formula is C32H41N3O4. The minimum Gasteiger partial charge on any atom is -0.392 e. The molecule has 1 fully saturated rings. The highest BCUT2D eigenvalue weighted by molar-refractivity contribution is 5.73. The molecule has 0 bridgehead atoms. The van der Waals surface area contributed by atoms with Gasteiger partial charge in [-0.15, -0.1) is 0 Å². The van der Waals surface area contributed by atoms with Crippen LogP contribution in [-0.4, -0.2) is 42.3 Å². The first-order valence-electron chi connectivity index (χ1n) is 13.8. The van der Waals surface area contributed by atoms with Gasteiger partial charge in [-0.3, -0.25) is 4.90 Å². The van der Waals surface area contributed by atoms with Crippen LogP contribution in [0.25, 0.3) is 0 Å². The zero-order chi connectivity index (χ0) is 27.8. The summed E-state index contributed by atoms with van der Waals surface area (Å²) in [6.45, 7) is 8.08. The van der Waals surface area contributed by atoms with Crippen molar-refractivity contribution in [2.75, 3.05) is 20.1 Å². The standard InChI is InChI=1S/C32H41N3O4/c1-5-33-32(37)34-19-24-11-17-28(18-12-24)31-38-29(20-35(4)23(3)26-9-7-6-8-10-26)22(2)30(39-31)27-15-13-25(21-36)14-16-27/h6-18,22-23,29-31,36H,5,19-21H2,1-4H3,(H2,33,34,37)/t22-,23-,29+,30+,31+/m0/s1. The van der Waals surface area contributed by atoms with Crippen molar-refractivity contribution in [3.05, 3.63) is 107 Å². The predicted octanol–water partition coefficient (Wildman–Crippen LogP) is 5.48. The number of hydrogen-bond donors (Lipinski definition) is 3. The Morgan fingerprint density at radius 2 is 1.56 bits per heavy atom. The van der Waals surface area contributed by atoms with Crippen LogP contribution in [0.5, 0.6) is 0 Å². The van der Waals surface area contributed by atoms with E-state index in [4.69, 9.17) is 9.47 Å². The minimum absolute atomic E-state index is 0.0131. The number of aliphatic hydroxyl groups is 1. The minimum atomic E-state index is -0.528. The number of benzene rings is 3. The van der Waals surface area contributed by atoms with Gasteiger partial charge in [-0.2, -0.15) is 0 Å². The topological polar surface area (TPSA) is 83.1 Å². The summed E-state index contributed by atoms with van der Waals surface area (Å²) in [5.41, 5.74) is 5.14. The van der Waals surface area contributed by atoms with Crippen LogP contribution in [-0.2, 0) is 22.6 Å². The first-order chi connectivity index (χ1) is 18.9. The quantitative estimate of drug-likeness (QED) is 0.323. The van der Waals surface area contributed by atoms with Gasteiger partial charge < -0.3 is 25.2 Å². The summed E-state index contributed by atoms with van der Waals surface area (Å²) in [7, 11) is 2.14. The summed E-state index contributed by atoms with van der Waals surface area (Å²) in [5.74, 6) is 0.104. The van der Waals surface area contributed by atoms with Crippen LogP contribution in [0.4, 0.5) is 4.79 Å². The average molecular weight is 532 g/mol. The second-order valence-electron chi connectivity index (χ2n) is 10.3. The summed E-state index contributed by atoms with van der Waals surface area (Å²) >= 11 is 0. The Morgan fingerprint density at radius 3 is 2.21 bits per heavy atom. The third-order valence-corrected chi connectivity index (χ3v) is 7.58. The number of amides is 2. The Bertz CT molecular complexity index is 1170. The van der Waals surface area contributed by atoms with Crippen molar-refractivity contribution in [1.29, 1.82) is 0 Å². The maximum absolute atomic E-state index is 11.8. The Kier molecular flexibility index (Phi) is 10.1. The van der Waals surface area contributed by atoms with Gasteiger partial charge in [0.15, 0.2) is 6.29 Å². The van der Waals surface area contributed by atoms with Gasteiger partial charge in [0, 0.05) is 37.2 Å².